The first-order valence-corrected chi connectivity index (χ1v) is 11.8. The maximum Gasteiger partial charge on any atom is 0.358 e. The molecule has 0 saturated carbocycles. The van der Waals surface area contributed by atoms with E-state index >= 15 is 0 Å². The second-order valence-corrected chi connectivity index (χ2v) is 10.7. The minimum absolute atomic E-state index is 0.0341. The zero-order valence-electron chi connectivity index (χ0n) is 18.4. The number of carbonyl (C=O) groups excluding carboxylic acids is 1. The van der Waals surface area contributed by atoms with Crippen LogP contribution in [-0.2, 0) is 20.2 Å². The highest BCUT2D eigenvalue weighted by Crippen LogP contribution is 2.32. The van der Waals surface area contributed by atoms with Crippen LogP contribution in [0, 0.1) is 6.92 Å². The van der Waals surface area contributed by atoms with E-state index < -0.39 is 16.0 Å². The van der Waals surface area contributed by atoms with Crippen LogP contribution in [0.15, 0.2) is 35.2 Å². The Hall–Kier alpha value is -2.19. The summed E-state index contributed by atoms with van der Waals surface area (Å²) in [5.74, 6) is -0.430. The smallest absolute Gasteiger partial charge is 0.358 e. The number of nitrogens with zero attached hydrogens (tertiary/aromatic N) is 3. The van der Waals surface area contributed by atoms with Crippen LogP contribution in [0.4, 0.5) is 0 Å². The molecule has 0 unspecified atom stereocenters. The van der Waals surface area contributed by atoms with Gasteiger partial charge in [-0.2, -0.15) is 9.40 Å². The van der Waals surface area contributed by atoms with Gasteiger partial charge in [-0.3, -0.25) is 4.68 Å². The van der Waals surface area contributed by atoms with Crippen molar-refractivity contribution >= 4 is 16.0 Å². The fourth-order valence-electron chi connectivity index (χ4n) is 3.72. The van der Waals surface area contributed by atoms with Crippen molar-refractivity contribution in [2.24, 2.45) is 0 Å². The molecule has 1 aromatic carbocycles. The number of sulfonamides is 1. The molecular weight excluding hydrogens is 402 g/mol. The predicted octanol–water partition coefficient (Wildman–Crippen LogP) is 3.69. The molecule has 0 N–H and O–H groups in total. The number of aryl methyl sites for hydroxylation is 1. The molecule has 7 nitrogen and oxygen atoms in total. The standard InChI is InChI=1S/C22H31N3O4S/c1-6-29-21(26)19-15-20(22(3,4)5)25(23-19)17-11-13-24(14-12-17)30(27,28)18-9-7-16(2)8-10-18/h7-10,15,17H,6,11-14H2,1-5H3. The average molecular weight is 434 g/mol. The minimum Gasteiger partial charge on any atom is -0.461 e. The van der Waals surface area contributed by atoms with Gasteiger partial charge in [-0.05, 0) is 44.9 Å². The summed E-state index contributed by atoms with van der Waals surface area (Å²) >= 11 is 0. The maximum atomic E-state index is 13.0. The van der Waals surface area contributed by atoms with Crippen LogP contribution in [0.5, 0.6) is 0 Å². The Morgan fingerprint density at radius 2 is 1.77 bits per heavy atom. The lowest BCUT2D eigenvalue weighted by Crippen LogP contribution is -2.40. The number of rotatable bonds is 5. The zero-order chi connectivity index (χ0) is 22.1. The Balaban J connectivity index is 1.80. The van der Waals surface area contributed by atoms with E-state index in [2.05, 4.69) is 25.9 Å². The summed E-state index contributed by atoms with van der Waals surface area (Å²) in [5, 5.41) is 4.55. The molecule has 0 amide bonds. The Kier molecular flexibility index (Phi) is 6.38. The van der Waals surface area contributed by atoms with Gasteiger partial charge in [-0.25, -0.2) is 13.2 Å². The van der Waals surface area contributed by atoms with Crippen molar-refractivity contribution in [3.8, 4) is 0 Å². The first-order valence-electron chi connectivity index (χ1n) is 10.4. The summed E-state index contributed by atoms with van der Waals surface area (Å²) < 4.78 is 34.5. The van der Waals surface area contributed by atoms with E-state index in [0.29, 0.717) is 43.1 Å². The van der Waals surface area contributed by atoms with Gasteiger partial charge in [0.25, 0.3) is 0 Å². The van der Waals surface area contributed by atoms with Crippen LogP contribution in [0.3, 0.4) is 0 Å². The van der Waals surface area contributed by atoms with Crippen molar-refractivity contribution in [2.45, 2.75) is 63.8 Å². The van der Waals surface area contributed by atoms with E-state index in [1.54, 1.807) is 29.4 Å². The van der Waals surface area contributed by atoms with Crippen LogP contribution in [0.25, 0.3) is 0 Å². The SMILES string of the molecule is CCOC(=O)c1cc(C(C)(C)C)n(C2CCN(S(=O)(=O)c3ccc(C)cc3)CC2)n1. The minimum atomic E-state index is -3.51. The second-order valence-electron chi connectivity index (χ2n) is 8.78. The summed E-state index contributed by atoms with van der Waals surface area (Å²) in [7, 11) is -3.51. The third-order valence-corrected chi connectivity index (χ3v) is 7.33. The molecule has 1 aliphatic heterocycles. The van der Waals surface area contributed by atoms with Crippen molar-refractivity contribution in [1.29, 1.82) is 0 Å². The van der Waals surface area contributed by atoms with Gasteiger partial charge in [-0.1, -0.05) is 38.5 Å². The number of esters is 1. The normalized spacial score (nSPS) is 16.6. The zero-order valence-corrected chi connectivity index (χ0v) is 19.2. The molecule has 0 aliphatic carbocycles. The average Bonchev–Trinajstić information content (AvgIpc) is 3.15. The molecular formula is C22H31N3O4S. The molecule has 1 aliphatic rings. The first kappa shape index (κ1) is 22.5. The molecule has 164 valence electrons. The maximum absolute atomic E-state index is 13.0. The van der Waals surface area contributed by atoms with Crippen molar-refractivity contribution in [1.82, 2.24) is 14.1 Å². The highest BCUT2D eigenvalue weighted by atomic mass is 32.2. The number of benzene rings is 1. The van der Waals surface area contributed by atoms with Crippen LogP contribution in [-0.4, -0.2) is 48.2 Å². The number of piperidine rings is 1. The van der Waals surface area contributed by atoms with E-state index in [1.165, 1.54) is 0 Å². The third kappa shape index (κ3) is 4.59. The monoisotopic (exact) mass is 433 g/mol. The van der Waals surface area contributed by atoms with E-state index in [0.717, 1.165) is 11.3 Å². The molecule has 8 heteroatoms. The van der Waals surface area contributed by atoms with Gasteiger partial charge in [0, 0.05) is 24.2 Å². The van der Waals surface area contributed by atoms with Crippen molar-refractivity contribution in [2.75, 3.05) is 19.7 Å². The molecule has 30 heavy (non-hydrogen) atoms. The molecule has 0 bridgehead atoms. The molecule has 3 rings (SSSR count). The van der Waals surface area contributed by atoms with Gasteiger partial charge in [0.2, 0.25) is 10.0 Å². The van der Waals surface area contributed by atoms with Crippen LogP contribution >= 0.6 is 0 Å². The molecule has 0 atom stereocenters. The second kappa shape index (κ2) is 8.51. The topological polar surface area (TPSA) is 81.5 Å². The fourth-order valence-corrected chi connectivity index (χ4v) is 5.19. The molecule has 0 spiro atoms. The lowest BCUT2D eigenvalue weighted by molar-refractivity contribution is 0.0517. The summed E-state index contributed by atoms with van der Waals surface area (Å²) in [4.78, 5) is 12.5. The van der Waals surface area contributed by atoms with E-state index in [-0.39, 0.29) is 11.5 Å². The highest BCUT2D eigenvalue weighted by molar-refractivity contribution is 7.89. The lowest BCUT2D eigenvalue weighted by atomic mass is 9.91. The van der Waals surface area contributed by atoms with Crippen molar-refractivity contribution < 1.29 is 17.9 Å². The Morgan fingerprint density at radius 1 is 1.17 bits per heavy atom. The van der Waals surface area contributed by atoms with Crippen molar-refractivity contribution in [3.63, 3.8) is 0 Å². The van der Waals surface area contributed by atoms with Gasteiger partial charge in [-0.15, -0.1) is 0 Å². The Morgan fingerprint density at radius 3 is 2.30 bits per heavy atom. The molecule has 0 radical (unpaired) electrons. The van der Waals surface area contributed by atoms with Gasteiger partial charge in [0.1, 0.15) is 0 Å². The van der Waals surface area contributed by atoms with E-state index in [9.17, 15) is 13.2 Å². The summed E-state index contributed by atoms with van der Waals surface area (Å²) in [5.41, 5.74) is 2.07. The largest absolute Gasteiger partial charge is 0.461 e. The van der Waals surface area contributed by atoms with Gasteiger partial charge in [0.05, 0.1) is 17.5 Å². The quantitative estimate of drug-likeness (QED) is 0.672. The summed E-state index contributed by atoms with van der Waals surface area (Å²) in [6.07, 6.45) is 1.27. The number of hydrogen-bond donors (Lipinski definition) is 0. The Labute approximate surface area is 179 Å². The van der Waals surface area contributed by atoms with E-state index in [4.69, 9.17) is 4.74 Å². The van der Waals surface area contributed by atoms with Crippen LogP contribution in [0.2, 0.25) is 0 Å². The molecule has 1 saturated heterocycles. The highest BCUT2D eigenvalue weighted by Gasteiger charge is 2.33. The molecule has 2 heterocycles. The van der Waals surface area contributed by atoms with Gasteiger partial charge < -0.3 is 4.74 Å². The van der Waals surface area contributed by atoms with Crippen LogP contribution in [0.1, 0.15) is 68.3 Å². The number of ether oxygens (including phenoxy) is 1. The number of aromatic nitrogens is 2. The number of hydrogen-bond acceptors (Lipinski definition) is 5. The fraction of sp³-hybridized carbons (Fsp3) is 0.545. The summed E-state index contributed by atoms with van der Waals surface area (Å²) in [6.45, 7) is 11.1. The van der Waals surface area contributed by atoms with Gasteiger partial charge in [0.15, 0.2) is 5.69 Å². The molecule has 1 aromatic heterocycles. The number of carbonyl (C=O) groups is 1. The third-order valence-electron chi connectivity index (χ3n) is 5.42. The predicted molar refractivity (Wildman–Crippen MR) is 115 cm³/mol. The Bertz CT molecular complexity index is 996. The lowest BCUT2D eigenvalue weighted by Gasteiger charge is -2.33. The molecule has 1 fully saturated rings. The van der Waals surface area contributed by atoms with Crippen LogP contribution < -0.4 is 0 Å². The summed E-state index contributed by atoms with van der Waals surface area (Å²) in [6, 6.07) is 8.78. The van der Waals surface area contributed by atoms with E-state index in [1.807, 2.05) is 23.7 Å². The van der Waals surface area contributed by atoms with Crippen molar-refractivity contribution in [3.05, 3.63) is 47.3 Å². The molecule has 2 aromatic rings. The first-order chi connectivity index (χ1) is 14.0. The van der Waals surface area contributed by atoms with Gasteiger partial charge >= 0.3 is 5.97 Å².